The number of hydrogen-bond acceptors (Lipinski definition) is 4. The fourth-order valence-corrected chi connectivity index (χ4v) is 1.53. The van der Waals surface area contributed by atoms with Gasteiger partial charge in [-0.05, 0) is 24.6 Å². The Morgan fingerprint density at radius 3 is 2.61 bits per heavy atom. The number of rotatable bonds is 7. The Balaban J connectivity index is 2.35. The molecule has 5 nitrogen and oxygen atoms in total. The van der Waals surface area contributed by atoms with E-state index in [-0.39, 0.29) is 12.5 Å². The van der Waals surface area contributed by atoms with Crippen molar-refractivity contribution in [2.75, 3.05) is 26.7 Å². The van der Waals surface area contributed by atoms with Crippen LogP contribution in [0.4, 0.5) is 0 Å². The van der Waals surface area contributed by atoms with E-state index in [9.17, 15) is 9.90 Å². The third-order valence-corrected chi connectivity index (χ3v) is 2.50. The van der Waals surface area contributed by atoms with Crippen molar-refractivity contribution in [1.82, 2.24) is 10.6 Å². The second kappa shape index (κ2) is 7.68. The first kappa shape index (κ1) is 14.5. The highest BCUT2D eigenvalue weighted by Crippen LogP contribution is 2.16. The number of nitrogens with one attached hydrogen (secondary N) is 2. The van der Waals surface area contributed by atoms with Crippen LogP contribution < -0.4 is 15.4 Å². The van der Waals surface area contributed by atoms with E-state index in [0.717, 1.165) is 11.3 Å². The molecule has 0 aliphatic heterocycles. The molecule has 1 aromatic carbocycles. The Morgan fingerprint density at radius 1 is 1.39 bits per heavy atom. The molecule has 3 N–H and O–H groups in total. The molecule has 1 amide bonds. The molecule has 0 aliphatic rings. The van der Waals surface area contributed by atoms with Crippen molar-refractivity contribution in [3.63, 3.8) is 0 Å². The van der Waals surface area contributed by atoms with Gasteiger partial charge in [0.1, 0.15) is 5.75 Å². The number of amides is 1. The molecular weight excluding hydrogens is 232 g/mol. The van der Waals surface area contributed by atoms with E-state index in [4.69, 9.17) is 4.74 Å². The van der Waals surface area contributed by atoms with Crippen LogP contribution in [-0.2, 0) is 4.79 Å². The zero-order valence-electron chi connectivity index (χ0n) is 10.8. The summed E-state index contributed by atoms with van der Waals surface area (Å²) in [5.74, 6) is 0.681. The summed E-state index contributed by atoms with van der Waals surface area (Å²) in [7, 11) is 1.60. The normalized spacial score (nSPS) is 11.9. The van der Waals surface area contributed by atoms with Gasteiger partial charge in [-0.2, -0.15) is 0 Å². The molecule has 0 heterocycles. The number of likely N-dealkylation sites (N-methyl/N-ethyl adjacent to an activating group) is 1. The summed E-state index contributed by atoms with van der Waals surface area (Å²) in [6.07, 6.45) is -0.634. The van der Waals surface area contributed by atoms with E-state index >= 15 is 0 Å². The van der Waals surface area contributed by atoms with E-state index in [1.165, 1.54) is 0 Å². The Kier molecular flexibility index (Phi) is 6.18. The van der Waals surface area contributed by atoms with E-state index in [1.807, 2.05) is 6.92 Å². The topological polar surface area (TPSA) is 70.6 Å². The van der Waals surface area contributed by atoms with Crippen molar-refractivity contribution in [2.45, 2.75) is 13.0 Å². The van der Waals surface area contributed by atoms with Crippen LogP contribution in [0.15, 0.2) is 24.3 Å². The Bertz CT molecular complexity index is 365. The molecule has 100 valence electrons. The van der Waals surface area contributed by atoms with Crippen LogP contribution >= 0.6 is 0 Å². The minimum atomic E-state index is -0.634. The predicted octanol–water partition coefficient (Wildman–Crippen LogP) is 0.454. The molecule has 5 heteroatoms. The van der Waals surface area contributed by atoms with Gasteiger partial charge in [0, 0.05) is 13.1 Å². The number of ether oxygens (including phenoxy) is 1. The molecule has 0 saturated carbocycles. The lowest BCUT2D eigenvalue weighted by atomic mass is 10.1. The highest BCUT2D eigenvalue weighted by Gasteiger charge is 2.08. The van der Waals surface area contributed by atoms with Gasteiger partial charge in [-0.1, -0.05) is 12.1 Å². The summed E-state index contributed by atoms with van der Waals surface area (Å²) in [5, 5.41) is 15.5. The van der Waals surface area contributed by atoms with Gasteiger partial charge < -0.3 is 20.5 Å². The van der Waals surface area contributed by atoms with Gasteiger partial charge in [0.05, 0.1) is 19.8 Å². The first-order chi connectivity index (χ1) is 8.67. The van der Waals surface area contributed by atoms with Crippen LogP contribution in [0.3, 0.4) is 0 Å². The van der Waals surface area contributed by atoms with Crippen LogP contribution in [0.25, 0.3) is 0 Å². The number of carbonyl (C=O) groups is 1. The third kappa shape index (κ3) is 4.73. The van der Waals surface area contributed by atoms with Crippen molar-refractivity contribution in [2.24, 2.45) is 0 Å². The van der Waals surface area contributed by atoms with Crippen LogP contribution in [0.2, 0.25) is 0 Å². The van der Waals surface area contributed by atoms with E-state index in [2.05, 4.69) is 10.6 Å². The number of benzene rings is 1. The Hall–Kier alpha value is -1.59. The molecule has 1 unspecified atom stereocenters. The van der Waals surface area contributed by atoms with Crippen LogP contribution in [0.5, 0.6) is 5.75 Å². The largest absolute Gasteiger partial charge is 0.497 e. The van der Waals surface area contributed by atoms with E-state index in [0.29, 0.717) is 13.1 Å². The highest BCUT2D eigenvalue weighted by molar-refractivity contribution is 5.77. The molecule has 0 saturated heterocycles. The van der Waals surface area contributed by atoms with Crippen molar-refractivity contribution < 1.29 is 14.6 Å². The molecule has 0 aliphatic carbocycles. The minimum Gasteiger partial charge on any atom is -0.497 e. The fraction of sp³-hybridized carbons (Fsp3) is 0.462. The summed E-state index contributed by atoms with van der Waals surface area (Å²) in [6, 6.07) is 7.19. The summed E-state index contributed by atoms with van der Waals surface area (Å²) in [4.78, 5) is 11.2. The first-order valence-electron chi connectivity index (χ1n) is 5.96. The monoisotopic (exact) mass is 252 g/mol. The van der Waals surface area contributed by atoms with Gasteiger partial charge >= 0.3 is 0 Å². The summed E-state index contributed by atoms with van der Waals surface area (Å²) in [5.41, 5.74) is 0.791. The molecule has 1 aromatic rings. The zero-order chi connectivity index (χ0) is 13.4. The van der Waals surface area contributed by atoms with E-state index < -0.39 is 6.10 Å². The fourth-order valence-electron chi connectivity index (χ4n) is 1.53. The maximum atomic E-state index is 11.2. The molecule has 18 heavy (non-hydrogen) atoms. The zero-order valence-corrected chi connectivity index (χ0v) is 10.8. The van der Waals surface area contributed by atoms with Gasteiger partial charge in [0.25, 0.3) is 0 Å². The number of methoxy groups -OCH3 is 1. The second-order valence-corrected chi connectivity index (χ2v) is 3.87. The maximum absolute atomic E-state index is 11.2. The quantitative estimate of drug-likeness (QED) is 0.659. The number of hydrogen-bond donors (Lipinski definition) is 3. The van der Waals surface area contributed by atoms with Crippen molar-refractivity contribution >= 4 is 5.91 Å². The molecular formula is C13H20N2O3. The lowest BCUT2D eigenvalue weighted by Crippen LogP contribution is -2.35. The Labute approximate surface area is 107 Å². The molecule has 1 rings (SSSR count). The van der Waals surface area contributed by atoms with Crippen molar-refractivity contribution in [3.8, 4) is 5.75 Å². The van der Waals surface area contributed by atoms with Crippen molar-refractivity contribution in [3.05, 3.63) is 29.8 Å². The molecule has 0 radical (unpaired) electrons. The molecule has 0 bridgehead atoms. The molecule has 0 spiro atoms. The van der Waals surface area contributed by atoms with Gasteiger partial charge in [0.15, 0.2) is 0 Å². The number of aliphatic hydroxyl groups is 1. The van der Waals surface area contributed by atoms with Crippen molar-refractivity contribution in [1.29, 1.82) is 0 Å². The highest BCUT2D eigenvalue weighted by atomic mass is 16.5. The SMILES string of the molecule is CCNC(=O)CNCC(O)c1ccc(OC)cc1. The smallest absolute Gasteiger partial charge is 0.233 e. The van der Waals surface area contributed by atoms with Gasteiger partial charge in [-0.3, -0.25) is 4.79 Å². The number of aliphatic hydroxyl groups excluding tert-OH is 1. The van der Waals surface area contributed by atoms with Crippen LogP contribution in [0, 0.1) is 0 Å². The summed E-state index contributed by atoms with van der Waals surface area (Å²) >= 11 is 0. The van der Waals surface area contributed by atoms with E-state index in [1.54, 1.807) is 31.4 Å². The average Bonchev–Trinajstić information content (AvgIpc) is 2.39. The minimum absolute atomic E-state index is 0.0700. The summed E-state index contributed by atoms with van der Waals surface area (Å²) in [6.45, 7) is 3.02. The lowest BCUT2D eigenvalue weighted by molar-refractivity contribution is -0.120. The molecule has 0 aromatic heterocycles. The molecule has 0 fully saturated rings. The summed E-state index contributed by atoms with van der Waals surface area (Å²) < 4.78 is 5.04. The standard InChI is InChI=1S/C13H20N2O3/c1-3-15-13(17)9-14-8-12(16)10-4-6-11(18-2)7-5-10/h4-7,12,14,16H,3,8-9H2,1-2H3,(H,15,17). The number of carbonyl (C=O) groups excluding carboxylic acids is 1. The average molecular weight is 252 g/mol. The first-order valence-corrected chi connectivity index (χ1v) is 5.96. The molecule has 1 atom stereocenters. The lowest BCUT2D eigenvalue weighted by Gasteiger charge is -2.12. The predicted molar refractivity (Wildman–Crippen MR) is 69.5 cm³/mol. The Morgan fingerprint density at radius 2 is 2.06 bits per heavy atom. The second-order valence-electron chi connectivity index (χ2n) is 3.87. The van der Waals surface area contributed by atoms with Gasteiger partial charge in [-0.15, -0.1) is 0 Å². The van der Waals surface area contributed by atoms with Crippen LogP contribution in [0.1, 0.15) is 18.6 Å². The third-order valence-electron chi connectivity index (χ3n) is 2.50. The van der Waals surface area contributed by atoms with Gasteiger partial charge in [-0.25, -0.2) is 0 Å². The maximum Gasteiger partial charge on any atom is 0.233 e. The van der Waals surface area contributed by atoms with Crippen LogP contribution in [-0.4, -0.2) is 37.8 Å². The van der Waals surface area contributed by atoms with Gasteiger partial charge in [0.2, 0.25) is 5.91 Å².